The molecular formula is C28H32N4O4. The van der Waals surface area contributed by atoms with Crippen molar-refractivity contribution >= 4 is 11.8 Å². The highest BCUT2D eigenvalue weighted by atomic mass is 16.5. The van der Waals surface area contributed by atoms with Crippen LogP contribution in [0.15, 0.2) is 54.9 Å². The Morgan fingerprint density at radius 1 is 1.08 bits per heavy atom. The molecule has 0 spiro atoms. The number of hydrogen-bond acceptors (Lipinski definition) is 5. The number of likely N-dealkylation sites (tertiary alicyclic amines) is 1. The number of carbonyl (C=O) groups is 2. The zero-order valence-corrected chi connectivity index (χ0v) is 20.8. The van der Waals surface area contributed by atoms with Crippen LogP contribution in [0.2, 0.25) is 0 Å². The van der Waals surface area contributed by atoms with Gasteiger partial charge in [-0.25, -0.2) is 4.98 Å². The van der Waals surface area contributed by atoms with Gasteiger partial charge in [-0.05, 0) is 43.0 Å². The molecule has 2 aliphatic rings. The van der Waals surface area contributed by atoms with E-state index in [0.29, 0.717) is 51.3 Å². The molecule has 1 fully saturated rings. The largest absolute Gasteiger partial charge is 0.497 e. The molecule has 1 N–H and O–H groups in total. The molecule has 5 rings (SSSR count). The number of piperidine rings is 1. The number of hydrogen-bond donors (Lipinski definition) is 1. The molecule has 8 nitrogen and oxygen atoms in total. The molecular weight excluding hydrogens is 456 g/mol. The number of nitrogens with zero attached hydrogens (tertiary/aromatic N) is 3. The quantitative estimate of drug-likeness (QED) is 0.573. The van der Waals surface area contributed by atoms with E-state index in [1.165, 1.54) is 5.56 Å². The third kappa shape index (κ3) is 5.14. The van der Waals surface area contributed by atoms with Crippen molar-refractivity contribution in [3.8, 4) is 5.75 Å². The average Bonchev–Trinajstić information content (AvgIpc) is 3.35. The van der Waals surface area contributed by atoms with Gasteiger partial charge in [0, 0.05) is 25.6 Å². The summed E-state index contributed by atoms with van der Waals surface area (Å²) in [5.41, 5.74) is 4.64. The van der Waals surface area contributed by atoms with Crippen LogP contribution in [0.4, 0.5) is 0 Å². The van der Waals surface area contributed by atoms with Crippen molar-refractivity contribution in [1.82, 2.24) is 19.8 Å². The van der Waals surface area contributed by atoms with Crippen molar-refractivity contribution in [1.29, 1.82) is 0 Å². The standard InChI is InChI=1S/C28H32N4O4/c1-19-3-7-21(8-4-19)25-16-32-18-30-26(24(32)17-36-25)28(34)31-13-11-22(12-14-31)27(33)29-15-20-5-9-23(35-2)10-6-20/h3-10,18,22,25H,11-17H2,1-2H3,(H,29,33)/t25-/m0/s1. The third-order valence-electron chi connectivity index (χ3n) is 7.16. The Kier molecular flexibility index (Phi) is 7.04. The van der Waals surface area contributed by atoms with Gasteiger partial charge in [-0.15, -0.1) is 0 Å². The number of rotatable bonds is 6. The molecule has 36 heavy (non-hydrogen) atoms. The molecule has 2 aromatic carbocycles. The lowest BCUT2D eigenvalue weighted by Gasteiger charge is -2.31. The fraction of sp³-hybridized carbons (Fsp3) is 0.393. The Morgan fingerprint density at radius 2 is 1.81 bits per heavy atom. The molecule has 2 aliphatic heterocycles. The summed E-state index contributed by atoms with van der Waals surface area (Å²) in [5.74, 6) is 0.645. The number of methoxy groups -OCH3 is 1. The Morgan fingerprint density at radius 3 is 2.50 bits per heavy atom. The average molecular weight is 489 g/mol. The van der Waals surface area contributed by atoms with Crippen LogP contribution in [-0.4, -0.2) is 46.5 Å². The van der Waals surface area contributed by atoms with Gasteiger partial charge in [-0.2, -0.15) is 0 Å². The molecule has 188 valence electrons. The van der Waals surface area contributed by atoms with Gasteiger partial charge in [-0.3, -0.25) is 9.59 Å². The molecule has 0 aliphatic carbocycles. The maximum Gasteiger partial charge on any atom is 0.274 e. The normalized spacial score (nSPS) is 17.9. The lowest BCUT2D eigenvalue weighted by molar-refractivity contribution is -0.126. The number of ether oxygens (including phenoxy) is 2. The summed E-state index contributed by atoms with van der Waals surface area (Å²) in [5, 5.41) is 3.02. The lowest BCUT2D eigenvalue weighted by atomic mass is 9.95. The minimum Gasteiger partial charge on any atom is -0.497 e. The van der Waals surface area contributed by atoms with Crippen LogP contribution >= 0.6 is 0 Å². The van der Waals surface area contributed by atoms with Gasteiger partial charge in [-0.1, -0.05) is 42.0 Å². The second-order valence-corrected chi connectivity index (χ2v) is 9.53. The van der Waals surface area contributed by atoms with Gasteiger partial charge in [0.15, 0.2) is 5.69 Å². The Bertz CT molecular complexity index is 1210. The number of benzene rings is 2. The predicted octanol–water partition coefficient (Wildman–Crippen LogP) is 3.64. The van der Waals surface area contributed by atoms with Crippen LogP contribution in [0.3, 0.4) is 0 Å². The minimum absolute atomic E-state index is 0.0350. The third-order valence-corrected chi connectivity index (χ3v) is 7.16. The molecule has 0 saturated carbocycles. The van der Waals surface area contributed by atoms with E-state index in [4.69, 9.17) is 9.47 Å². The number of carbonyl (C=O) groups excluding carboxylic acids is 2. The number of amides is 2. The van der Waals surface area contributed by atoms with E-state index in [-0.39, 0.29) is 23.8 Å². The van der Waals surface area contributed by atoms with Gasteiger partial charge in [0.1, 0.15) is 11.9 Å². The van der Waals surface area contributed by atoms with E-state index < -0.39 is 0 Å². The molecule has 0 radical (unpaired) electrons. The summed E-state index contributed by atoms with van der Waals surface area (Å²) < 4.78 is 13.3. The molecule has 0 bridgehead atoms. The van der Waals surface area contributed by atoms with E-state index >= 15 is 0 Å². The summed E-state index contributed by atoms with van der Waals surface area (Å²) in [7, 11) is 1.63. The van der Waals surface area contributed by atoms with Crippen molar-refractivity contribution in [2.24, 2.45) is 5.92 Å². The smallest absolute Gasteiger partial charge is 0.274 e. The maximum absolute atomic E-state index is 13.2. The Balaban J connectivity index is 1.14. The van der Waals surface area contributed by atoms with Crippen molar-refractivity contribution in [2.75, 3.05) is 20.2 Å². The van der Waals surface area contributed by atoms with E-state index in [0.717, 1.165) is 22.6 Å². The molecule has 3 heterocycles. The summed E-state index contributed by atoms with van der Waals surface area (Å²) in [6.45, 7) is 4.61. The summed E-state index contributed by atoms with van der Waals surface area (Å²) in [4.78, 5) is 32.2. The van der Waals surface area contributed by atoms with E-state index in [1.807, 2.05) is 33.7 Å². The van der Waals surface area contributed by atoms with Crippen LogP contribution in [-0.2, 0) is 29.2 Å². The van der Waals surface area contributed by atoms with Crippen LogP contribution in [0, 0.1) is 12.8 Å². The highest BCUT2D eigenvalue weighted by Crippen LogP contribution is 2.29. The first-order valence-electron chi connectivity index (χ1n) is 12.4. The zero-order valence-electron chi connectivity index (χ0n) is 20.8. The van der Waals surface area contributed by atoms with Crippen molar-refractivity contribution in [3.63, 3.8) is 0 Å². The highest BCUT2D eigenvalue weighted by Gasteiger charge is 2.32. The monoisotopic (exact) mass is 488 g/mol. The first kappa shape index (κ1) is 24.1. The van der Waals surface area contributed by atoms with Gasteiger partial charge in [0.05, 0.1) is 32.3 Å². The minimum atomic E-state index is -0.0955. The summed E-state index contributed by atoms with van der Waals surface area (Å²) >= 11 is 0. The molecule has 1 aromatic heterocycles. The number of nitrogens with one attached hydrogen (secondary N) is 1. The van der Waals surface area contributed by atoms with Gasteiger partial charge in [0.25, 0.3) is 5.91 Å². The van der Waals surface area contributed by atoms with Gasteiger partial charge >= 0.3 is 0 Å². The van der Waals surface area contributed by atoms with Crippen molar-refractivity contribution in [3.05, 3.63) is 82.9 Å². The summed E-state index contributed by atoms with van der Waals surface area (Å²) in [6.07, 6.45) is 2.97. The summed E-state index contributed by atoms with van der Waals surface area (Å²) in [6, 6.07) is 16.0. The molecule has 8 heteroatoms. The first-order valence-corrected chi connectivity index (χ1v) is 12.4. The number of fused-ring (bicyclic) bond motifs is 1. The van der Waals surface area contributed by atoms with Crippen molar-refractivity contribution < 1.29 is 19.1 Å². The van der Waals surface area contributed by atoms with Crippen LogP contribution in [0.5, 0.6) is 5.75 Å². The fourth-order valence-electron chi connectivity index (χ4n) is 4.86. The van der Waals surface area contributed by atoms with E-state index in [9.17, 15) is 9.59 Å². The molecule has 1 saturated heterocycles. The van der Waals surface area contributed by atoms with Gasteiger partial charge in [0.2, 0.25) is 5.91 Å². The zero-order chi connectivity index (χ0) is 25.1. The number of imidazole rings is 1. The molecule has 1 atom stereocenters. The second-order valence-electron chi connectivity index (χ2n) is 9.53. The number of aromatic nitrogens is 2. The topological polar surface area (TPSA) is 85.7 Å². The van der Waals surface area contributed by atoms with E-state index in [2.05, 4.69) is 41.5 Å². The van der Waals surface area contributed by atoms with Gasteiger partial charge < -0.3 is 24.3 Å². The van der Waals surface area contributed by atoms with Crippen LogP contribution in [0.25, 0.3) is 0 Å². The molecule has 3 aromatic rings. The SMILES string of the molecule is COc1ccc(CNC(=O)C2CCN(C(=O)c3ncn4c3CO[C@H](c3ccc(C)cc3)C4)CC2)cc1. The van der Waals surface area contributed by atoms with E-state index in [1.54, 1.807) is 13.4 Å². The lowest BCUT2D eigenvalue weighted by Crippen LogP contribution is -2.43. The highest BCUT2D eigenvalue weighted by molar-refractivity contribution is 5.93. The Labute approximate surface area is 211 Å². The Hall–Kier alpha value is -3.65. The first-order chi connectivity index (χ1) is 17.5. The fourth-order valence-corrected chi connectivity index (χ4v) is 4.86. The van der Waals surface area contributed by atoms with Crippen LogP contribution in [0.1, 0.15) is 51.8 Å². The number of aryl methyl sites for hydroxylation is 1. The van der Waals surface area contributed by atoms with Crippen molar-refractivity contribution in [2.45, 2.75) is 45.6 Å². The second kappa shape index (κ2) is 10.5. The maximum atomic E-state index is 13.2. The predicted molar refractivity (Wildman–Crippen MR) is 134 cm³/mol. The van der Waals surface area contributed by atoms with Crippen LogP contribution < -0.4 is 10.1 Å². The molecule has 2 amide bonds. The molecule has 0 unspecified atom stereocenters.